The van der Waals surface area contributed by atoms with Gasteiger partial charge in [0.05, 0.1) is 6.61 Å². The van der Waals surface area contributed by atoms with Crippen molar-refractivity contribution in [2.45, 2.75) is 13.8 Å². The molecule has 0 saturated heterocycles. The molecule has 7 heavy (non-hydrogen) atoms. The first-order valence-corrected chi connectivity index (χ1v) is 2.35. The third-order valence-corrected chi connectivity index (χ3v) is 0.504. The molecule has 0 fully saturated rings. The maximum atomic E-state index is 7.97. The average molecular weight is 103 g/mol. The Bertz CT molecular complexity index is 35.1. The second-order valence-corrected chi connectivity index (χ2v) is 1.83. The molecule has 0 heterocycles. The van der Waals surface area contributed by atoms with Crippen LogP contribution in [0.3, 0.4) is 0 Å². The lowest BCUT2D eigenvalue weighted by Gasteiger charge is -1.99. The minimum absolute atomic E-state index is 0.489. The quantitative estimate of drug-likeness (QED) is 0.580. The Hall–Kier alpha value is -0.0800. The van der Waals surface area contributed by atoms with E-state index >= 15 is 0 Å². The number of hydrogen-bond acceptors (Lipinski definition) is 2. The summed E-state index contributed by atoms with van der Waals surface area (Å²) in [6, 6.07) is 0. The van der Waals surface area contributed by atoms with E-state index in [1.165, 1.54) is 0 Å². The first-order chi connectivity index (χ1) is 3.27. The molecule has 0 bridgehead atoms. The van der Waals surface area contributed by atoms with Crippen molar-refractivity contribution < 1.29 is 9.84 Å². The average Bonchev–Trinajstić information content (AvgIpc) is 1.61. The predicted molar refractivity (Wildman–Crippen MR) is 27.0 cm³/mol. The summed E-state index contributed by atoms with van der Waals surface area (Å²) in [5.74, 6) is 0.489. The molecule has 1 N–H and O–H groups in total. The first-order valence-electron chi connectivity index (χ1n) is 2.35. The summed E-state index contributed by atoms with van der Waals surface area (Å²) in [5.41, 5.74) is 0. The van der Waals surface area contributed by atoms with Gasteiger partial charge in [-0.3, -0.25) is 0 Å². The zero-order valence-corrected chi connectivity index (χ0v) is 4.72. The summed E-state index contributed by atoms with van der Waals surface area (Å²) < 4.78 is 4.53. The highest BCUT2D eigenvalue weighted by Gasteiger charge is 1.89. The van der Waals surface area contributed by atoms with E-state index in [2.05, 4.69) is 4.74 Å². The van der Waals surface area contributed by atoms with Crippen molar-refractivity contribution in [3.05, 3.63) is 6.79 Å². The minimum Gasteiger partial charge on any atom is -0.364 e. The molecule has 43 valence electrons. The Morgan fingerprint density at radius 3 is 2.43 bits per heavy atom. The Labute approximate surface area is 44.1 Å². The van der Waals surface area contributed by atoms with Crippen molar-refractivity contribution in [2.24, 2.45) is 5.92 Å². The van der Waals surface area contributed by atoms with Gasteiger partial charge in [-0.15, -0.1) is 0 Å². The van der Waals surface area contributed by atoms with Crippen LogP contribution in [0.1, 0.15) is 13.8 Å². The largest absolute Gasteiger partial charge is 0.364 e. The summed E-state index contributed by atoms with van der Waals surface area (Å²) in [7, 11) is 0. The van der Waals surface area contributed by atoms with Crippen LogP contribution in [0, 0.1) is 12.7 Å². The molecule has 0 unspecified atom stereocenters. The van der Waals surface area contributed by atoms with Crippen LogP contribution in [-0.4, -0.2) is 11.7 Å². The predicted octanol–water partition coefficient (Wildman–Crippen LogP) is 1.15. The summed E-state index contributed by atoms with van der Waals surface area (Å²) in [6.45, 7) is 5.35. The molecule has 2 nitrogen and oxygen atoms in total. The van der Waals surface area contributed by atoms with Crippen LogP contribution in [0.2, 0.25) is 0 Å². The minimum atomic E-state index is 0.489. The maximum Gasteiger partial charge on any atom is 0.206 e. The number of ether oxygens (including phenoxy) is 1. The molecule has 0 aromatic heterocycles. The molecule has 0 aliphatic heterocycles. The van der Waals surface area contributed by atoms with E-state index in [-0.39, 0.29) is 0 Å². The fraction of sp³-hybridized carbons (Fsp3) is 0.800. The van der Waals surface area contributed by atoms with Gasteiger partial charge in [0.2, 0.25) is 6.79 Å². The second-order valence-electron chi connectivity index (χ2n) is 1.83. The van der Waals surface area contributed by atoms with Crippen molar-refractivity contribution in [1.29, 1.82) is 0 Å². The number of aliphatic hydroxyl groups is 1. The smallest absolute Gasteiger partial charge is 0.206 e. The van der Waals surface area contributed by atoms with Crippen LogP contribution in [0.15, 0.2) is 0 Å². The molecule has 2 heteroatoms. The highest BCUT2D eigenvalue weighted by atomic mass is 16.6. The third-order valence-electron chi connectivity index (χ3n) is 0.504. The van der Waals surface area contributed by atoms with Crippen LogP contribution < -0.4 is 0 Å². The molecule has 0 aliphatic rings. The second kappa shape index (κ2) is 4.09. The molecule has 1 radical (unpaired) electrons. The summed E-state index contributed by atoms with van der Waals surface area (Å²) >= 11 is 0. The van der Waals surface area contributed by atoms with Crippen molar-refractivity contribution >= 4 is 0 Å². The van der Waals surface area contributed by atoms with E-state index in [9.17, 15) is 0 Å². The molecule has 0 aromatic carbocycles. The zero-order chi connectivity index (χ0) is 5.70. The topological polar surface area (TPSA) is 29.5 Å². The molecule has 0 spiro atoms. The van der Waals surface area contributed by atoms with Gasteiger partial charge in [0.1, 0.15) is 0 Å². The van der Waals surface area contributed by atoms with Gasteiger partial charge in [-0.2, -0.15) is 0 Å². The molecule has 0 saturated carbocycles. The third kappa shape index (κ3) is 5.92. The fourth-order valence-corrected chi connectivity index (χ4v) is 0.235. The van der Waals surface area contributed by atoms with Gasteiger partial charge in [-0.25, -0.2) is 0 Å². The maximum absolute atomic E-state index is 7.97. The van der Waals surface area contributed by atoms with Gasteiger partial charge in [0.25, 0.3) is 0 Å². The number of rotatable bonds is 3. The Morgan fingerprint density at radius 1 is 1.71 bits per heavy atom. The molecule has 0 atom stereocenters. The molecule has 0 rings (SSSR count). The lowest BCUT2D eigenvalue weighted by molar-refractivity contribution is 0.0624. The van der Waals surface area contributed by atoms with Crippen LogP contribution >= 0.6 is 0 Å². The normalized spacial score (nSPS) is 10.3. The van der Waals surface area contributed by atoms with Crippen molar-refractivity contribution in [3.8, 4) is 0 Å². The molecule has 0 amide bonds. The van der Waals surface area contributed by atoms with Crippen molar-refractivity contribution in [1.82, 2.24) is 0 Å². The van der Waals surface area contributed by atoms with E-state index in [1.54, 1.807) is 0 Å². The lowest BCUT2D eigenvalue weighted by atomic mass is 10.2. The summed E-state index contributed by atoms with van der Waals surface area (Å²) in [5, 5.41) is 7.97. The molecule has 0 aliphatic carbocycles. The van der Waals surface area contributed by atoms with Gasteiger partial charge in [0.15, 0.2) is 0 Å². The molecular formula is C5H11O2. The lowest BCUT2D eigenvalue weighted by Crippen LogP contribution is -1.98. The first kappa shape index (κ1) is 6.92. The Morgan fingerprint density at radius 2 is 2.29 bits per heavy atom. The summed E-state index contributed by atoms with van der Waals surface area (Å²) in [4.78, 5) is 0. The van der Waals surface area contributed by atoms with Gasteiger partial charge in [-0.1, -0.05) is 13.8 Å². The van der Waals surface area contributed by atoms with E-state index in [1.807, 2.05) is 13.8 Å². The highest BCUT2D eigenvalue weighted by Crippen LogP contribution is 1.91. The van der Waals surface area contributed by atoms with Gasteiger partial charge in [0, 0.05) is 0 Å². The molecule has 0 aromatic rings. The van der Waals surface area contributed by atoms with Crippen molar-refractivity contribution in [2.75, 3.05) is 6.61 Å². The van der Waals surface area contributed by atoms with Crippen molar-refractivity contribution in [3.63, 3.8) is 0 Å². The number of aliphatic hydroxyl groups excluding tert-OH is 1. The number of hydrogen-bond donors (Lipinski definition) is 1. The standard InChI is InChI=1S/C5H11O2/c1-5(2)3-7-4-6/h4-6H,3H2,1-2H3. The van der Waals surface area contributed by atoms with Crippen LogP contribution in [0.4, 0.5) is 0 Å². The van der Waals surface area contributed by atoms with Crippen LogP contribution in [0.25, 0.3) is 0 Å². The van der Waals surface area contributed by atoms with E-state index in [0.29, 0.717) is 12.5 Å². The van der Waals surface area contributed by atoms with Gasteiger partial charge >= 0.3 is 0 Å². The van der Waals surface area contributed by atoms with E-state index < -0.39 is 0 Å². The molecular weight excluding hydrogens is 92.1 g/mol. The van der Waals surface area contributed by atoms with E-state index in [0.717, 1.165) is 6.79 Å². The Balaban J connectivity index is 2.68. The SMILES string of the molecule is CC(C)CO[CH]O. The monoisotopic (exact) mass is 103 g/mol. The highest BCUT2D eigenvalue weighted by molar-refractivity contribution is 4.38. The van der Waals surface area contributed by atoms with Crippen LogP contribution in [-0.2, 0) is 4.74 Å². The van der Waals surface area contributed by atoms with Gasteiger partial charge in [-0.05, 0) is 5.92 Å². The van der Waals surface area contributed by atoms with E-state index in [4.69, 9.17) is 5.11 Å². The summed E-state index contributed by atoms with van der Waals surface area (Å²) in [6.07, 6.45) is 0. The zero-order valence-electron chi connectivity index (χ0n) is 4.72. The van der Waals surface area contributed by atoms with Crippen LogP contribution in [0.5, 0.6) is 0 Å². The Kier molecular flexibility index (Phi) is 4.04. The van der Waals surface area contributed by atoms with Gasteiger partial charge < -0.3 is 9.84 Å². The fourth-order valence-electron chi connectivity index (χ4n) is 0.235.